The van der Waals surface area contributed by atoms with Crippen LogP contribution >= 0.6 is 0 Å². The summed E-state index contributed by atoms with van der Waals surface area (Å²) < 4.78 is 5.34. The Morgan fingerprint density at radius 2 is 2.14 bits per heavy atom. The van der Waals surface area contributed by atoms with Gasteiger partial charge in [0.1, 0.15) is 11.7 Å². The second-order valence-corrected chi connectivity index (χ2v) is 4.69. The molecule has 1 heterocycles. The van der Waals surface area contributed by atoms with Gasteiger partial charge in [-0.25, -0.2) is 0 Å². The first-order valence-electron chi connectivity index (χ1n) is 7.05. The van der Waals surface area contributed by atoms with Crippen molar-refractivity contribution in [2.45, 2.75) is 13.3 Å². The number of rotatable bonds is 6. The molecule has 2 rings (SSSR count). The Kier molecular flexibility index (Phi) is 5.50. The van der Waals surface area contributed by atoms with E-state index in [1.165, 1.54) is 0 Å². The Hall–Kier alpha value is -2.87. The number of nitriles is 1. The predicted molar refractivity (Wildman–Crippen MR) is 83.3 cm³/mol. The van der Waals surface area contributed by atoms with Crippen LogP contribution in [0.4, 0.5) is 5.69 Å². The van der Waals surface area contributed by atoms with Crippen LogP contribution in [0.2, 0.25) is 0 Å². The zero-order chi connectivity index (χ0) is 15.8. The average molecular weight is 295 g/mol. The highest BCUT2D eigenvalue weighted by atomic mass is 16.5. The van der Waals surface area contributed by atoms with Crippen LogP contribution in [-0.2, 0) is 11.2 Å². The molecule has 0 saturated carbocycles. The summed E-state index contributed by atoms with van der Waals surface area (Å²) in [6, 6.07) is 12.7. The molecule has 0 fully saturated rings. The van der Waals surface area contributed by atoms with E-state index in [1.807, 2.05) is 19.1 Å². The topological polar surface area (TPSA) is 75.0 Å². The van der Waals surface area contributed by atoms with Gasteiger partial charge in [-0.3, -0.25) is 9.78 Å². The van der Waals surface area contributed by atoms with E-state index in [9.17, 15) is 10.1 Å². The minimum atomic E-state index is -0.754. The fourth-order valence-corrected chi connectivity index (χ4v) is 1.98. The number of nitrogens with zero attached hydrogens (tertiary/aromatic N) is 2. The summed E-state index contributed by atoms with van der Waals surface area (Å²) in [5, 5.41) is 11.9. The Bertz CT molecular complexity index is 648. The number of nitrogens with one attached hydrogen (secondary N) is 1. The van der Waals surface area contributed by atoms with Gasteiger partial charge in [0.05, 0.1) is 12.7 Å². The third-order valence-electron chi connectivity index (χ3n) is 3.07. The van der Waals surface area contributed by atoms with Gasteiger partial charge in [0.2, 0.25) is 5.91 Å². The highest BCUT2D eigenvalue weighted by Gasteiger charge is 2.18. The van der Waals surface area contributed by atoms with Crippen LogP contribution in [0, 0.1) is 17.2 Å². The molecule has 0 aliphatic rings. The van der Waals surface area contributed by atoms with Gasteiger partial charge in [0.15, 0.2) is 0 Å². The van der Waals surface area contributed by atoms with E-state index in [4.69, 9.17) is 4.74 Å². The molecular formula is C17H17N3O2. The quantitative estimate of drug-likeness (QED) is 0.889. The van der Waals surface area contributed by atoms with E-state index in [0.717, 1.165) is 11.3 Å². The molecule has 0 radical (unpaired) electrons. The molecule has 0 aliphatic carbocycles. The lowest BCUT2D eigenvalue weighted by atomic mass is 10.0. The predicted octanol–water partition coefficient (Wildman–Crippen LogP) is 2.80. The monoisotopic (exact) mass is 295 g/mol. The van der Waals surface area contributed by atoms with Crippen LogP contribution < -0.4 is 10.1 Å². The van der Waals surface area contributed by atoms with Crippen molar-refractivity contribution in [1.82, 2.24) is 4.98 Å². The van der Waals surface area contributed by atoms with Crippen molar-refractivity contribution >= 4 is 11.6 Å². The second kappa shape index (κ2) is 7.79. The minimum absolute atomic E-state index is 0.324. The zero-order valence-corrected chi connectivity index (χ0v) is 12.3. The number of hydrogen-bond acceptors (Lipinski definition) is 4. The van der Waals surface area contributed by atoms with E-state index >= 15 is 0 Å². The number of benzene rings is 1. The molecule has 0 unspecified atom stereocenters. The molecule has 5 heteroatoms. The summed E-state index contributed by atoms with van der Waals surface area (Å²) >= 11 is 0. The molecule has 0 saturated heterocycles. The van der Waals surface area contributed by atoms with Gasteiger partial charge in [0.25, 0.3) is 0 Å². The van der Waals surface area contributed by atoms with Crippen LogP contribution in [0.15, 0.2) is 48.8 Å². The maximum absolute atomic E-state index is 12.2. The molecule has 1 atom stereocenters. The van der Waals surface area contributed by atoms with Crippen LogP contribution in [0.3, 0.4) is 0 Å². The van der Waals surface area contributed by atoms with Crippen molar-refractivity contribution in [2.75, 3.05) is 11.9 Å². The van der Waals surface area contributed by atoms with Gasteiger partial charge < -0.3 is 10.1 Å². The first-order chi connectivity index (χ1) is 10.7. The van der Waals surface area contributed by atoms with Crippen molar-refractivity contribution in [3.63, 3.8) is 0 Å². The molecule has 1 N–H and O–H groups in total. The van der Waals surface area contributed by atoms with Crippen molar-refractivity contribution < 1.29 is 9.53 Å². The van der Waals surface area contributed by atoms with E-state index < -0.39 is 5.92 Å². The van der Waals surface area contributed by atoms with Crippen LogP contribution in [0.5, 0.6) is 5.75 Å². The number of ether oxygens (including phenoxy) is 1. The number of pyridine rings is 1. The molecule has 1 amide bonds. The Morgan fingerprint density at radius 3 is 2.73 bits per heavy atom. The molecule has 22 heavy (non-hydrogen) atoms. The van der Waals surface area contributed by atoms with Gasteiger partial charge in [-0.05, 0) is 49.2 Å². The van der Waals surface area contributed by atoms with E-state index in [1.54, 1.807) is 42.7 Å². The van der Waals surface area contributed by atoms with Gasteiger partial charge in [-0.1, -0.05) is 6.07 Å². The maximum Gasteiger partial charge on any atom is 0.242 e. The fraction of sp³-hybridized carbons (Fsp3) is 0.235. The van der Waals surface area contributed by atoms with E-state index in [-0.39, 0.29) is 5.91 Å². The molecule has 1 aromatic carbocycles. The van der Waals surface area contributed by atoms with Crippen molar-refractivity contribution in [1.29, 1.82) is 5.26 Å². The SMILES string of the molecule is CCOc1ccc(NC(=O)[C@@H](C#N)Cc2cccnc2)cc1. The minimum Gasteiger partial charge on any atom is -0.494 e. The first kappa shape index (κ1) is 15.5. The first-order valence-corrected chi connectivity index (χ1v) is 7.05. The molecule has 0 aliphatic heterocycles. The molecule has 1 aromatic heterocycles. The smallest absolute Gasteiger partial charge is 0.242 e. The Morgan fingerprint density at radius 1 is 1.36 bits per heavy atom. The molecular weight excluding hydrogens is 278 g/mol. The summed E-state index contributed by atoms with van der Waals surface area (Å²) in [6.45, 7) is 2.50. The summed E-state index contributed by atoms with van der Waals surface area (Å²) in [4.78, 5) is 16.2. The Labute approximate surface area is 129 Å². The summed E-state index contributed by atoms with van der Waals surface area (Å²) in [5.74, 6) is -0.334. The number of amides is 1. The lowest BCUT2D eigenvalue weighted by Gasteiger charge is -2.11. The lowest BCUT2D eigenvalue weighted by molar-refractivity contribution is -0.118. The summed E-state index contributed by atoms with van der Waals surface area (Å²) in [6.07, 6.45) is 3.66. The van der Waals surface area contributed by atoms with E-state index in [0.29, 0.717) is 18.7 Å². The van der Waals surface area contributed by atoms with Crippen LogP contribution in [0.1, 0.15) is 12.5 Å². The van der Waals surface area contributed by atoms with Gasteiger partial charge in [0, 0.05) is 18.1 Å². The van der Waals surface area contributed by atoms with Crippen molar-refractivity contribution in [3.8, 4) is 11.8 Å². The average Bonchev–Trinajstić information content (AvgIpc) is 2.55. The molecule has 0 spiro atoms. The van der Waals surface area contributed by atoms with Crippen molar-refractivity contribution in [2.24, 2.45) is 5.92 Å². The van der Waals surface area contributed by atoms with Gasteiger partial charge in [-0.2, -0.15) is 5.26 Å². The van der Waals surface area contributed by atoms with Crippen molar-refractivity contribution in [3.05, 3.63) is 54.4 Å². The summed E-state index contributed by atoms with van der Waals surface area (Å²) in [7, 11) is 0. The summed E-state index contributed by atoms with van der Waals surface area (Å²) in [5.41, 5.74) is 1.50. The standard InChI is InChI=1S/C17H17N3O2/c1-2-22-16-7-5-15(6-8-16)20-17(21)14(11-18)10-13-4-3-9-19-12-13/h3-9,12,14H,2,10H2,1H3,(H,20,21)/t14-/m1/s1. The van der Waals surface area contributed by atoms with Crippen LogP contribution in [0.25, 0.3) is 0 Å². The largest absolute Gasteiger partial charge is 0.494 e. The highest BCUT2D eigenvalue weighted by molar-refractivity contribution is 5.94. The number of aromatic nitrogens is 1. The number of hydrogen-bond donors (Lipinski definition) is 1. The molecule has 0 bridgehead atoms. The van der Waals surface area contributed by atoms with Gasteiger partial charge in [-0.15, -0.1) is 0 Å². The number of carbonyl (C=O) groups excluding carboxylic acids is 1. The molecule has 112 valence electrons. The second-order valence-electron chi connectivity index (χ2n) is 4.69. The van der Waals surface area contributed by atoms with E-state index in [2.05, 4.69) is 10.3 Å². The maximum atomic E-state index is 12.2. The lowest BCUT2D eigenvalue weighted by Crippen LogP contribution is -2.23. The third-order valence-corrected chi connectivity index (χ3v) is 3.07. The Balaban J connectivity index is 1.98. The third kappa shape index (κ3) is 4.32. The van der Waals surface area contributed by atoms with Gasteiger partial charge >= 0.3 is 0 Å². The number of carbonyl (C=O) groups is 1. The highest BCUT2D eigenvalue weighted by Crippen LogP contribution is 2.17. The normalized spacial score (nSPS) is 11.3. The zero-order valence-electron chi connectivity index (χ0n) is 12.3. The van der Waals surface area contributed by atoms with Crippen LogP contribution in [-0.4, -0.2) is 17.5 Å². The molecule has 2 aromatic rings. The number of anilines is 1. The molecule has 5 nitrogen and oxygen atoms in total. The fourth-order valence-electron chi connectivity index (χ4n) is 1.98.